The van der Waals surface area contributed by atoms with E-state index in [1.807, 2.05) is 0 Å². The van der Waals surface area contributed by atoms with Gasteiger partial charge in [-0.15, -0.1) is 10.2 Å². The lowest BCUT2D eigenvalue weighted by Crippen LogP contribution is -2.39. The number of amides is 1. The Morgan fingerprint density at radius 2 is 1.96 bits per heavy atom. The second kappa shape index (κ2) is 7.06. The number of halogens is 2. The third-order valence-corrected chi connectivity index (χ3v) is 5.56. The van der Waals surface area contributed by atoms with E-state index in [9.17, 15) is 9.90 Å². The summed E-state index contributed by atoms with van der Waals surface area (Å²) in [4.78, 5) is 14.5. The molecule has 3 heterocycles. The molecule has 0 aliphatic carbocycles. The van der Waals surface area contributed by atoms with E-state index in [1.54, 1.807) is 4.90 Å². The van der Waals surface area contributed by atoms with Crippen LogP contribution in [0.25, 0.3) is 0 Å². The van der Waals surface area contributed by atoms with Crippen molar-refractivity contribution in [2.75, 3.05) is 19.6 Å². The van der Waals surface area contributed by atoms with Crippen molar-refractivity contribution >= 4 is 29.1 Å². The maximum atomic E-state index is 12.8. The summed E-state index contributed by atoms with van der Waals surface area (Å²) in [7, 11) is 0. The topological polar surface area (TPSA) is 83.3 Å². The van der Waals surface area contributed by atoms with Crippen LogP contribution < -0.4 is 5.32 Å². The zero-order valence-corrected chi connectivity index (χ0v) is 15.6. The highest BCUT2D eigenvalue weighted by molar-refractivity contribution is 6.37. The summed E-state index contributed by atoms with van der Waals surface area (Å²) >= 11 is 12.0. The molecule has 2 aliphatic heterocycles. The maximum absolute atomic E-state index is 12.8. The lowest BCUT2D eigenvalue weighted by molar-refractivity contribution is 0.0707. The van der Waals surface area contributed by atoms with Crippen molar-refractivity contribution in [2.45, 2.75) is 31.8 Å². The van der Waals surface area contributed by atoms with Gasteiger partial charge in [-0.05, 0) is 25.0 Å². The van der Waals surface area contributed by atoms with Gasteiger partial charge in [-0.3, -0.25) is 4.79 Å². The van der Waals surface area contributed by atoms with Crippen molar-refractivity contribution in [2.24, 2.45) is 0 Å². The van der Waals surface area contributed by atoms with Gasteiger partial charge in [-0.2, -0.15) is 0 Å². The summed E-state index contributed by atoms with van der Waals surface area (Å²) in [5.41, 5.74) is 0.112. The zero-order valence-electron chi connectivity index (χ0n) is 14.1. The molecule has 0 radical (unpaired) electrons. The minimum atomic E-state index is -0.268. The number of rotatable bonds is 2. The molecule has 2 N–H and O–H groups in total. The van der Waals surface area contributed by atoms with E-state index in [1.165, 1.54) is 12.1 Å². The molecule has 2 aliphatic rings. The number of phenols is 1. The molecule has 1 aromatic carbocycles. The second-order valence-corrected chi connectivity index (χ2v) is 7.49. The van der Waals surface area contributed by atoms with Crippen LogP contribution in [0.15, 0.2) is 12.1 Å². The normalized spacial score (nSPS) is 18.0. The van der Waals surface area contributed by atoms with Gasteiger partial charge in [0.2, 0.25) is 0 Å². The van der Waals surface area contributed by atoms with Crippen molar-refractivity contribution in [1.29, 1.82) is 0 Å². The third kappa shape index (κ3) is 3.15. The molecule has 0 bridgehead atoms. The average molecular weight is 396 g/mol. The van der Waals surface area contributed by atoms with Crippen LogP contribution in [-0.2, 0) is 13.1 Å². The van der Waals surface area contributed by atoms with E-state index in [0.29, 0.717) is 18.1 Å². The van der Waals surface area contributed by atoms with Crippen LogP contribution in [0.5, 0.6) is 5.75 Å². The monoisotopic (exact) mass is 395 g/mol. The van der Waals surface area contributed by atoms with Crippen LogP contribution >= 0.6 is 23.2 Å². The van der Waals surface area contributed by atoms with E-state index in [4.69, 9.17) is 23.2 Å². The highest BCUT2D eigenvalue weighted by Gasteiger charge is 2.30. The molecule has 4 rings (SSSR count). The smallest absolute Gasteiger partial charge is 0.259 e. The first-order chi connectivity index (χ1) is 12.5. The van der Waals surface area contributed by atoms with Crippen molar-refractivity contribution in [3.63, 3.8) is 0 Å². The van der Waals surface area contributed by atoms with Gasteiger partial charge in [-0.25, -0.2) is 0 Å². The molecular weight excluding hydrogens is 377 g/mol. The third-order valence-electron chi connectivity index (χ3n) is 5.05. The van der Waals surface area contributed by atoms with Crippen molar-refractivity contribution in [1.82, 2.24) is 25.0 Å². The Morgan fingerprint density at radius 3 is 2.69 bits per heavy atom. The summed E-state index contributed by atoms with van der Waals surface area (Å²) in [6.45, 7) is 3.72. The van der Waals surface area contributed by atoms with Gasteiger partial charge in [0.25, 0.3) is 5.91 Å². The molecule has 9 heteroatoms. The molecule has 7 nitrogen and oxygen atoms in total. The molecule has 26 heavy (non-hydrogen) atoms. The SMILES string of the molecule is O=C(c1c(O)cc(Cl)cc1Cl)N1CCC(c2nnc3n2CCNC3)CC1. The summed E-state index contributed by atoms with van der Waals surface area (Å²) in [5.74, 6) is 1.82. The Kier molecular flexibility index (Phi) is 4.77. The van der Waals surface area contributed by atoms with Crippen molar-refractivity contribution in [3.05, 3.63) is 39.4 Å². The minimum absolute atomic E-state index is 0.112. The average Bonchev–Trinajstić information content (AvgIpc) is 3.05. The van der Waals surface area contributed by atoms with Crippen LogP contribution in [-0.4, -0.2) is 50.3 Å². The molecule has 1 aromatic heterocycles. The molecule has 2 aromatic rings. The molecule has 1 amide bonds. The molecule has 0 unspecified atom stereocenters. The van der Waals surface area contributed by atoms with Crippen LogP contribution in [0.2, 0.25) is 10.0 Å². The number of hydrogen-bond donors (Lipinski definition) is 2. The van der Waals surface area contributed by atoms with Gasteiger partial charge in [0.05, 0.1) is 17.1 Å². The minimum Gasteiger partial charge on any atom is -0.507 e. The summed E-state index contributed by atoms with van der Waals surface area (Å²) in [6.07, 6.45) is 1.62. The number of likely N-dealkylation sites (tertiary alicyclic amines) is 1. The summed E-state index contributed by atoms with van der Waals surface area (Å²) in [5, 5.41) is 22.5. The van der Waals surface area contributed by atoms with Crippen LogP contribution in [0.4, 0.5) is 0 Å². The first kappa shape index (κ1) is 17.6. The summed E-state index contributed by atoms with van der Waals surface area (Å²) < 4.78 is 2.19. The van der Waals surface area contributed by atoms with Gasteiger partial charge < -0.3 is 19.9 Å². The fourth-order valence-corrected chi connectivity index (χ4v) is 4.25. The Bertz CT molecular complexity index is 823. The largest absolute Gasteiger partial charge is 0.507 e. The van der Waals surface area contributed by atoms with E-state index in [2.05, 4.69) is 20.1 Å². The maximum Gasteiger partial charge on any atom is 0.259 e. The molecule has 0 spiro atoms. The van der Waals surface area contributed by atoms with Gasteiger partial charge >= 0.3 is 0 Å². The number of aromatic hydroxyl groups is 1. The number of nitrogens with one attached hydrogen (secondary N) is 1. The Hall–Kier alpha value is -1.83. The standard InChI is InChI=1S/C17H19Cl2N5O2/c18-11-7-12(19)15(13(25)8-11)17(26)23-4-1-10(2-5-23)16-22-21-14-9-20-3-6-24(14)16/h7-8,10,20,25H,1-6,9H2. The molecule has 1 fully saturated rings. The molecule has 0 saturated carbocycles. The first-order valence-corrected chi connectivity index (χ1v) is 9.40. The highest BCUT2D eigenvalue weighted by Crippen LogP contribution is 2.33. The number of nitrogens with zero attached hydrogens (tertiary/aromatic N) is 4. The molecule has 138 valence electrons. The van der Waals surface area contributed by atoms with E-state index in [0.717, 1.165) is 44.1 Å². The number of hydrogen-bond acceptors (Lipinski definition) is 5. The predicted octanol–water partition coefficient (Wildman–Crippen LogP) is 2.41. The van der Waals surface area contributed by atoms with E-state index in [-0.39, 0.29) is 28.2 Å². The molecule has 1 saturated heterocycles. The van der Waals surface area contributed by atoms with Gasteiger partial charge in [-0.1, -0.05) is 23.2 Å². The molecule has 0 atom stereocenters. The van der Waals surface area contributed by atoms with Crippen molar-refractivity contribution < 1.29 is 9.90 Å². The lowest BCUT2D eigenvalue weighted by atomic mass is 9.95. The Morgan fingerprint density at radius 1 is 1.19 bits per heavy atom. The fraction of sp³-hybridized carbons (Fsp3) is 0.471. The molecular formula is C17H19Cl2N5O2. The zero-order chi connectivity index (χ0) is 18.3. The van der Waals surface area contributed by atoms with Gasteiger partial charge in [0, 0.05) is 37.1 Å². The predicted molar refractivity (Wildman–Crippen MR) is 97.7 cm³/mol. The first-order valence-electron chi connectivity index (χ1n) is 8.64. The van der Waals surface area contributed by atoms with E-state index < -0.39 is 0 Å². The van der Waals surface area contributed by atoms with Crippen molar-refractivity contribution in [3.8, 4) is 5.75 Å². The number of piperidine rings is 1. The van der Waals surface area contributed by atoms with Crippen LogP contribution in [0.1, 0.15) is 40.8 Å². The number of carbonyl (C=O) groups is 1. The summed E-state index contributed by atoms with van der Waals surface area (Å²) in [6, 6.07) is 2.81. The van der Waals surface area contributed by atoms with Gasteiger partial charge in [0.1, 0.15) is 17.4 Å². The number of carbonyl (C=O) groups excluding carboxylic acids is 1. The number of fused-ring (bicyclic) bond motifs is 1. The van der Waals surface area contributed by atoms with Crippen LogP contribution in [0, 0.1) is 0 Å². The van der Waals surface area contributed by atoms with Crippen LogP contribution in [0.3, 0.4) is 0 Å². The number of phenolic OH excluding ortho intramolecular Hbond substituents is 1. The highest BCUT2D eigenvalue weighted by atomic mass is 35.5. The number of aromatic nitrogens is 3. The van der Waals surface area contributed by atoms with Gasteiger partial charge in [0.15, 0.2) is 0 Å². The fourth-order valence-electron chi connectivity index (χ4n) is 3.69. The second-order valence-electron chi connectivity index (χ2n) is 6.65. The number of benzene rings is 1. The van der Waals surface area contributed by atoms with E-state index >= 15 is 0 Å². The quantitative estimate of drug-likeness (QED) is 0.815. The Labute approximate surface area is 160 Å². The lowest BCUT2D eigenvalue weighted by Gasteiger charge is -2.32. The Balaban J connectivity index is 1.47.